The standard InChI is InChI=1S/C60H43N/c1-5-20-44(21-6-1)49-28-19-29-54(43-49)61(53-38-36-47(37-39-53)52-41-50(45-22-7-2-8-23-45)40-51(42-52)46-24-9-3-10-25-46)60-35-18-17-34-59(60)58-33-16-15-32-57(58)56-31-14-13-30-55(56)48-26-11-4-12-27-48/h1-43H. The largest absolute Gasteiger partial charge is 0.310 e. The normalized spacial score (nSPS) is 11.0. The van der Waals surface area contributed by atoms with Crippen LogP contribution in [0.2, 0.25) is 0 Å². The average molecular weight is 778 g/mol. The van der Waals surface area contributed by atoms with E-state index in [2.05, 4.69) is 266 Å². The molecule has 0 unspecified atom stereocenters. The minimum absolute atomic E-state index is 1.08. The van der Waals surface area contributed by atoms with E-state index in [1.54, 1.807) is 0 Å². The zero-order valence-corrected chi connectivity index (χ0v) is 33.8. The molecule has 1 heteroatoms. The van der Waals surface area contributed by atoms with E-state index in [-0.39, 0.29) is 0 Å². The van der Waals surface area contributed by atoms with Crippen LogP contribution in [0.3, 0.4) is 0 Å². The first-order chi connectivity index (χ1) is 30.3. The Labute approximate surface area is 359 Å². The van der Waals surface area contributed by atoms with Gasteiger partial charge in [0.1, 0.15) is 0 Å². The van der Waals surface area contributed by atoms with Gasteiger partial charge in [-0.3, -0.25) is 0 Å². The molecular weight excluding hydrogens is 735 g/mol. The summed E-state index contributed by atoms with van der Waals surface area (Å²) >= 11 is 0. The second kappa shape index (κ2) is 17.1. The molecule has 0 aliphatic heterocycles. The van der Waals surface area contributed by atoms with Crippen molar-refractivity contribution in [3.05, 3.63) is 261 Å². The van der Waals surface area contributed by atoms with Crippen LogP contribution in [-0.4, -0.2) is 0 Å². The lowest BCUT2D eigenvalue weighted by atomic mass is 9.88. The van der Waals surface area contributed by atoms with Gasteiger partial charge in [0.15, 0.2) is 0 Å². The monoisotopic (exact) mass is 777 g/mol. The van der Waals surface area contributed by atoms with E-state index >= 15 is 0 Å². The molecule has 0 radical (unpaired) electrons. The van der Waals surface area contributed by atoms with Crippen LogP contribution in [0.4, 0.5) is 17.1 Å². The number of hydrogen-bond acceptors (Lipinski definition) is 1. The van der Waals surface area contributed by atoms with Gasteiger partial charge in [-0.2, -0.15) is 0 Å². The molecule has 0 heterocycles. The Morgan fingerprint density at radius 3 is 1.07 bits per heavy atom. The van der Waals surface area contributed by atoms with Crippen LogP contribution in [0.5, 0.6) is 0 Å². The number of benzene rings is 10. The van der Waals surface area contributed by atoms with Crippen molar-refractivity contribution in [2.24, 2.45) is 0 Å². The topological polar surface area (TPSA) is 3.24 Å². The van der Waals surface area contributed by atoms with Crippen molar-refractivity contribution in [1.82, 2.24) is 0 Å². The molecule has 0 fully saturated rings. The van der Waals surface area contributed by atoms with Crippen molar-refractivity contribution in [1.29, 1.82) is 0 Å². The van der Waals surface area contributed by atoms with Crippen LogP contribution in [-0.2, 0) is 0 Å². The van der Waals surface area contributed by atoms with E-state index in [1.165, 1.54) is 66.8 Å². The quantitative estimate of drug-likeness (QED) is 0.134. The molecule has 0 N–H and O–H groups in total. The Bertz CT molecular complexity index is 2990. The first-order valence-corrected chi connectivity index (χ1v) is 20.9. The maximum Gasteiger partial charge on any atom is 0.0540 e. The van der Waals surface area contributed by atoms with Gasteiger partial charge in [-0.15, -0.1) is 0 Å². The maximum absolute atomic E-state index is 2.42. The van der Waals surface area contributed by atoms with Crippen LogP contribution >= 0.6 is 0 Å². The number of hydrogen-bond donors (Lipinski definition) is 0. The fourth-order valence-corrected chi connectivity index (χ4v) is 8.51. The zero-order chi connectivity index (χ0) is 40.8. The average Bonchev–Trinajstić information content (AvgIpc) is 3.35. The lowest BCUT2D eigenvalue weighted by Crippen LogP contribution is -2.11. The molecular formula is C60H43N. The molecule has 0 spiro atoms. The van der Waals surface area contributed by atoms with Gasteiger partial charge in [-0.1, -0.05) is 212 Å². The van der Waals surface area contributed by atoms with Gasteiger partial charge in [0, 0.05) is 16.9 Å². The Morgan fingerprint density at radius 1 is 0.180 bits per heavy atom. The minimum Gasteiger partial charge on any atom is -0.310 e. The molecule has 0 atom stereocenters. The van der Waals surface area contributed by atoms with Crippen molar-refractivity contribution in [2.75, 3.05) is 4.90 Å². The molecule has 0 aliphatic rings. The van der Waals surface area contributed by atoms with Crippen molar-refractivity contribution < 1.29 is 0 Å². The fourth-order valence-electron chi connectivity index (χ4n) is 8.51. The van der Waals surface area contributed by atoms with E-state index in [0.717, 1.165) is 28.2 Å². The summed E-state index contributed by atoms with van der Waals surface area (Å²) < 4.78 is 0. The maximum atomic E-state index is 2.42. The smallest absolute Gasteiger partial charge is 0.0540 e. The molecule has 10 aromatic carbocycles. The highest BCUT2D eigenvalue weighted by Gasteiger charge is 2.21. The molecule has 10 aromatic rings. The van der Waals surface area contributed by atoms with Crippen LogP contribution in [0.1, 0.15) is 0 Å². The number of rotatable bonds is 10. The Hall–Kier alpha value is -8.00. The molecule has 0 amide bonds. The Kier molecular flexibility index (Phi) is 10.4. The number of nitrogens with zero attached hydrogens (tertiary/aromatic N) is 1. The Balaban J connectivity index is 1.13. The summed E-state index contributed by atoms with van der Waals surface area (Å²) in [4.78, 5) is 2.42. The van der Waals surface area contributed by atoms with E-state index in [1.807, 2.05) is 0 Å². The van der Waals surface area contributed by atoms with Crippen LogP contribution in [0.25, 0.3) is 77.9 Å². The summed E-state index contributed by atoms with van der Waals surface area (Å²) in [7, 11) is 0. The summed E-state index contributed by atoms with van der Waals surface area (Å²) in [5.41, 5.74) is 19.9. The third-order valence-electron chi connectivity index (χ3n) is 11.5. The summed E-state index contributed by atoms with van der Waals surface area (Å²) in [6.45, 7) is 0. The lowest BCUT2D eigenvalue weighted by molar-refractivity contribution is 1.28. The predicted octanol–water partition coefficient (Wildman–Crippen LogP) is 16.8. The van der Waals surface area contributed by atoms with E-state index < -0.39 is 0 Å². The molecule has 0 saturated heterocycles. The molecule has 0 saturated carbocycles. The van der Waals surface area contributed by atoms with Gasteiger partial charge < -0.3 is 4.90 Å². The molecule has 0 aliphatic carbocycles. The third kappa shape index (κ3) is 7.81. The summed E-state index contributed by atoms with van der Waals surface area (Å²) in [5.74, 6) is 0. The van der Waals surface area contributed by atoms with Gasteiger partial charge in [-0.25, -0.2) is 0 Å². The van der Waals surface area contributed by atoms with Crippen LogP contribution < -0.4 is 4.90 Å². The number of para-hydroxylation sites is 1. The SMILES string of the molecule is c1ccc(-c2cc(-c3ccccc3)cc(-c3ccc(N(c4cccc(-c5ccccc5)c4)c4ccccc4-c4ccccc4-c4ccccc4-c4ccccc4)cc3)c2)cc1. The second-order valence-corrected chi connectivity index (χ2v) is 15.3. The molecule has 61 heavy (non-hydrogen) atoms. The van der Waals surface area contributed by atoms with Gasteiger partial charge in [0.05, 0.1) is 5.69 Å². The van der Waals surface area contributed by atoms with E-state index in [9.17, 15) is 0 Å². The summed E-state index contributed by atoms with van der Waals surface area (Å²) in [5, 5.41) is 0. The first-order valence-electron chi connectivity index (χ1n) is 20.9. The van der Waals surface area contributed by atoms with E-state index in [4.69, 9.17) is 0 Å². The molecule has 0 aromatic heterocycles. The van der Waals surface area contributed by atoms with Gasteiger partial charge in [-0.05, 0) is 121 Å². The highest BCUT2D eigenvalue weighted by atomic mass is 15.1. The lowest BCUT2D eigenvalue weighted by Gasteiger charge is -2.29. The molecule has 288 valence electrons. The van der Waals surface area contributed by atoms with Crippen molar-refractivity contribution in [3.63, 3.8) is 0 Å². The van der Waals surface area contributed by atoms with Crippen molar-refractivity contribution >= 4 is 17.1 Å². The Morgan fingerprint density at radius 2 is 0.541 bits per heavy atom. The van der Waals surface area contributed by atoms with Crippen molar-refractivity contribution in [3.8, 4) is 77.9 Å². The zero-order valence-electron chi connectivity index (χ0n) is 33.8. The van der Waals surface area contributed by atoms with Gasteiger partial charge in [0.2, 0.25) is 0 Å². The fraction of sp³-hybridized carbons (Fsp3) is 0. The molecule has 10 rings (SSSR count). The van der Waals surface area contributed by atoms with Crippen LogP contribution in [0.15, 0.2) is 261 Å². The highest BCUT2D eigenvalue weighted by molar-refractivity contribution is 5.97. The van der Waals surface area contributed by atoms with Gasteiger partial charge in [0.25, 0.3) is 0 Å². The highest BCUT2D eigenvalue weighted by Crippen LogP contribution is 2.46. The summed E-state index contributed by atoms with van der Waals surface area (Å²) in [6.07, 6.45) is 0. The number of anilines is 3. The molecule has 1 nitrogen and oxygen atoms in total. The first kappa shape index (κ1) is 37.3. The second-order valence-electron chi connectivity index (χ2n) is 15.3. The van der Waals surface area contributed by atoms with Gasteiger partial charge >= 0.3 is 0 Å². The van der Waals surface area contributed by atoms with Crippen molar-refractivity contribution in [2.45, 2.75) is 0 Å². The minimum atomic E-state index is 1.08. The predicted molar refractivity (Wildman–Crippen MR) is 259 cm³/mol. The summed E-state index contributed by atoms with van der Waals surface area (Å²) in [6, 6.07) is 94.0. The molecule has 0 bridgehead atoms. The van der Waals surface area contributed by atoms with E-state index in [0.29, 0.717) is 0 Å². The third-order valence-corrected chi connectivity index (χ3v) is 11.5. The van der Waals surface area contributed by atoms with Crippen LogP contribution in [0, 0.1) is 0 Å².